The van der Waals surface area contributed by atoms with Crippen molar-refractivity contribution in [3.05, 3.63) is 94.5 Å². The maximum atomic E-state index is 12.7. The Hall–Kier alpha value is -3.52. The van der Waals surface area contributed by atoms with E-state index in [1.165, 1.54) is 18.2 Å². The molecule has 5 nitrogen and oxygen atoms in total. The highest BCUT2D eigenvalue weighted by Gasteiger charge is 2.30. The second-order valence-electron chi connectivity index (χ2n) is 6.40. The van der Waals surface area contributed by atoms with Gasteiger partial charge in [-0.15, -0.1) is 0 Å². The highest BCUT2D eigenvalue weighted by molar-refractivity contribution is 6.31. The molecule has 160 valence electrons. The predicted molar refractivity (Wildman–Crippen MR) is 110 cm³/mol. The number of hydrogen-bond acceptors (Lipinski definition) is 3. The zero-order chi connectivity index (χ0) is 22.4. The van der Waals surface area contributed by atoms with Gasteiger partial charge in [0, 0.05) is 17.3 Å². The second kappa shape index (κ2) is 9.53. The maximum absolute atomic E-state index is 12.7. The number of benzene rings is 3. The van der Waals surface area contributed by atoms with E-state index in [9.17, 15) is 22.8 Å². The largest absolute Gasteiger partial charge is 0.416 e. The minimum absolute atomic E-state index is 0.0535. The van der Waals surface area contributed by atoms with Crippen LogP contribution >= 0.6 is 11.6 Å². The average molecular weight is 449 g/mol. The van der Waals surface area contributed by atoms with Gasteiger partial charge in [-0.25, -0.2) is 4.79 Å². The van der Waals surface area contributed by atoms with Crippen molar-refractivity contribution in [3.63, 3.8) is 0 Å². The van der Waals surface area contributed by atoms with E-state index in [-0.39, 0.29) is 28.6 Å². The maximum Gasteiger partial charge on any atom is 0.416 e. The van der Waals surface area contributed by atoms with Crippen LogP contribution in [0.15, 0.2) is 72.8 Å². The van der Waals surface area contributed by atoms with E-state index >= 15 is 0 Å². The van der Waals surface area contributed by atoms with Gasteiger partial charge in [0.1, 0.15) is 5.75 Å². The van der Waals surface area contributed by atoms with Crippen LogP contribution in [0.4, 0.5) is 23.7 Å². The number of alkyl halides is 3. The van der Waals surface area contributed by atoms with Crippen LogP contribution in [0.3, 0.4) is 0 Å². The number of ether oxygens (including phenoxy) is 1. The van der Waals surface area contributed by atoms with E-state index in [1.807, 2.05) is 30.3 Å². The fraction of sp³-hybridized carbons (Fsp3) is 0.0909. The molecule has 0 aromatic heterocycles. The first-order chi connectivity index (χ1) is 14.7. The zero-order valence-corrected chi connectivity index (χ0v) is 16.6. The molecule has 0 saturated heterocycles. The van der Waals surface area contributed by atoms with Crippen molar-refractivity contribution in [1.82, 2.24) is 5.32 Å². The van der Waals surface area contributed by atoms with Crippen LogP contribution in [-0.2, 0) is 12.7 Å². The molecule has 31 heavy (non-hydrogen) atoms. The van der Waals surface area contributed by atoms with Gasteiger partial charge in [-0.05, 0) is 48.0 Å². The molecule has 0 spiro atoms. The van der Waals surface area contributed by atoms with Gasteiger partial charge in [-0.2, -0.15) is 13.2 Å². The fourth-order valence-corrected chi connectivity index (χ4v) is 2.79. The molecule has 3 aromatic rings. The molecule has 0 heterocycles. The smallest absolute Gasteiger partial charge is 0.409 e. The van der Waals surface area contributed by atoms with Crippen molar-refractivity contribution in [2.75, 3.05) is 5.32 Å². The summed E-state index contributed by atoms with van der Waals surface area (Å²) in [6, 6.07) is 17.2. The quantitative estimate of drug-likeness (QED) is 0.510. The standard InChI is InChI=1S/C22H16ClF3N2O3/c23-16-8-11-19(31-21(30)27-13-14-4-2-1-3-5-14)18(12-16)20(29)28-17-9-6-15(7-10-17)22(24,25)26/h1-12H,13H2,(H,27,30)(H,28,29). The molecular weight excluding hydrogens is 433 g/mol. The molecule has 0 unspecified atom stereocenters. The van der Waals surface area contributed by atoms with Crippen molar-refractivity contribution in [1.29, 1.82) is 0 Å². The zero-order valence-electron chi connectivity index (χ0n) is 15.9. The van der Waals surface area contributed by atoms with Crippen molar-refractivity contribution in [3.8, 4) is 5.75 Å². The van der Waals surface area contributed by atoms with Crippen LogP contribution in [0, 0.1) is 0 Å². The topological polar surface area (TPSA) is 67.4 Å². The van der Waals surface area contributed by atoms with E-state index in [1.54, 1.807) is 0 Å². The minimum Gasteiger partial charge on any atom is -0.409 e. The van der Waals surface area contributed by atoms with Gasteiger partial charge in [0.15, 0.2) is 0 Å². The van der Waals surface area contributed by atoms with E-state index in [2.05, 4.69) is 10.6 Å². The Labute approximate surface area is 180 Å². The number of carbonyl (C=O) groups excluding carboxylic acids is 2. The number of hydrogen-bond donors (Lipinski definition) is 2. The third-order valence-electron chi connectivity index (χ3n) is 4.14. The van der Waals surface area contributed by atoms with E-state index in [0.29, 0.717) is 0 Å². The number of amides is 2. The number of nitrogens with one attached hydrogen (secondary N) is 2. The van der Waals surface area contributed by atoms with Crippen molar-refractivity contribution < 1.29 is 27.5 Å². The van der Waals surface area contributed by atoms with Crippen LogP contribution < -0.4 is 15.4 Å². The number of halogens is 4. The van der Waals surface area contributed by atoms with E-state index in [4.69, 9.17) is 16.3 Å². The van der Waals surface area contributed by atoms with E-state index in [0.717, 1.165) is 29.8 Å². The first-order valence-electron chi connectivity index (χ1n) is 9.00. The van der Waals surface area contributed by atoms with Crippen LogP contribution in [-0.4, -0.2) is 12.0 Å². The van der Waals surface area contributed by atoms with Crippen molar-refractivity contribution in [2.24, 2.45) is 0 Å². The molecule has 0 bridgehead atoms. The third-order valence-corrected chi connectivity index (χ3v) is 4.37. The Kier molecular flexibility index (Phi) is 6.81. The lowest BCUT2D eigenvalue weighted by molar-refractivity contribution is -0.137. The summed E-state index contributed by atoms with van der Waals surface area (Å²) in [6.07, 6.45) is -5.27. The molecule has 2 N–H and O–H groups in total. The normalized spacial score (nSPS) is 11.0. The molecule has 2 amide bonds. The molecule has 0 aliphatic carbocycles. The number of anilines is 1. The highest BCUT2D eigenvalue weighted by Crippen LogP contribution is 2.30. The minimum atomic E-state index is -4.48. The van der Waals surface area contributed by atoms with Crippen LogP contribution in [0.5, 0.6) is 5.75 Å². The van der Waals surface area contributed by atoms with E-state index < -0.39 is 23.7 Å². The molecule has 9 heteroatoms. The summed E-state index contributed by atoms with van der Waals surface area (Å²) in [5, 5.41) is 5.24. The third kappa shape index (κ3) is 6.23. The first kappa shape index (κ1) is 22.2. The summed E-state index contributed by atoms with van der Waals surface area (Å²) in [4.78, 5) is 24.8. The molecule has 0 atom stereocenters. The molecular formula is C22H16ClF3N2O3. The van der Waals surface area contributed by atoms with Gasteiger partial charge in [0.2, 0.25) is 0 Å². The molecule has 3 rings (SSSR count). The van der Waals surface area contributed by atoms with Crippen LogP contribution in [0.2, 0.25) is 5.02 Å². The van der Waals surface area contributed by atoms with Gasteiger partial charge in [0.05, 0.1) is 11.1 Å². The first-order valence-corrected chi connectivity index (χ1v) is 9.38. The molecule has 0 saturated carbocycles. The molecule has 0 radical (unpaired) electrons. The highest BCUT2D eigenvalue weighted by atomic mass is 35.5. The summed E-state index contributed by atoms with van der Waals surface area (Å²) in [5.41, 5.74) is 0.0999. The summed E-state index contributed by atoms with van der Waals surface area (Å²) < 4.78 is 43.3. The van der Waals surface area contributed by atoms with Crippen LogP contribution in [0.1, 0.15) is 21.5 Å². The lowest BCUT2D eigenvalue weighted by atomic mass is 10.1. The Balaban J connectivity index is 1.70. The summed E-state index contributed by atoms with van der Waals surface area (Å²) in [5.74, 6) is -0.757. The summed E-state index contributed by atoms with van der Waals surface area (Å²) >= 11 is 5.95. The van der Waals surface area contributed by atoms with Gasteiger partial charge >= 0.3 is 12.3 Å². The predicted octanol–water partition coefficient (Wildman–Crippen LogP) is 5.90. The molecule has 0 aliphatic rings. The fourth-order valence-electron chi connectivity index (χ4n) is 2.62. The number of carbonyl (C=O) groups is 2. The second-order valence-corrected chi connectivity index (χ2v) is 6.83. The monoisotopic (exact) mass is 448 g/mol. The lowest BCUT2D eigenvalue weighted by Gasteiger charge is -2.12. The Morgan fingerprint density at radius 1 is 0.935 bits per heavy atom. The van der Waals surface area contributed by atoms with Gasteiger partial charge in [-0.1, -0.05) is 41.9 Å². The van der Waals surface area contributed by atoms with Crippen LogP contribution in [0.25, 0.3) is 0 Å². The molecule has 0 aliphatic heterocycles. The van der Waals surface area contributed by atoms with Crippen molar-refractivity contribution >= 4 is 29.3 Å². The Bertz CT molecular complexity index is 1070. The van der Waals surface area contributed by atoms with Gasteiger partial charge in [-0.3, -0.25) is 4.79 Å². The van der Waals surface area contributed by atoms with Gasteiger partial charge in [0.25, 0.3) is 5.91 Å². The van der Waals surface area contributed by atoms with Crippen molar-refractivity contribution in [2.45, 2.75) is 12.7 Å². The summed E-state index contributed by atoms with van der Waals surface area (Å²) in [7, 11) is 0. The van der Waals surface area contributed by atoms with Gasteiger partial charge < -0.3 is 15.4 Å². The SMILES string of the molecule is O=C(NCc1ccccc1)Oc1ccc(Cl)cc1C(=O)Nc1ccc(C(F)(F)F)cc1. The average Bonchev–Trinajstić information content (AvgIpc) is 2.74. The molecule has 0 fully saturated rings. The Morgan fingerprint density at radius 2 is 1.61 bits per heavy atom. The summed E-state index contributed by atoms with van der Waals surface area (Å²) in [6.45, 7) is 0.223. The molecule has 3 aromatic carbocycles. The number of rotatable bonds is 5. The Morgan fingerprint density at radius 3 is 2.26 bits per heavy atom. The lowest BCUT2D eigenvalue weighted by Crippen LogP contribution is -2.27.